The number of anilines is 3. The zero-order chi connectivity index (χ0) is 23.1. The van der Waals surface area contributed by atoms with Crippen molar-refractivity contribution in [2.24, 2.45) is 7.05 Å². The van der Waals surface area contributed by atoms with Gasteiger partial charge in [0.05, 0.1) is 18.2 Å². The number of ether oxygens (including phenoxy) is 1. The quantitative estimate of drug-likeness (QED) is 0.437. The highest BCUT2D eigenvalue weighted by atomic mass is 16.5. The zero-order valence-corrected chi connectivity index (χ0v) is 19.6. The molecule has 0 bridgehead atoms. The molecule has 8 nitrogen and oxygen atoms in total. The molecule has 174 valence electrons. The fourth-order valence-corrected chi connectivity index (χ4v) is 5.12. The van der Waals surface area contributed by atoms with E-state index in [1.807, 2.05) is 23.9 Å². The third kappa shape index (κ3) is 3.69. The van der Waals surface area contributed by atoms with E-state index in [0.29, 0.717) is 11.9 Å². The molecule has 2 aliphatic rings. The molecule has 1 atom stereocenters. The van der Waals surface area contributed by atoms with E-state index in [1.54, 1.807) is 7.11 Å². The minimum Gasteiger partial charge on any atom is -0.497 e. The Balaban J connectivity index is 1.23. The summed E-state index contributed by atoms with van der Waals surface area (Å²) in [6, 6.07) is 16.8. The van der Waals surface area contributed by atoms with Gasteiger partial charge in [-0.3, -0.25) is 0 Å². The maximum Gasteiger partial charge on any atom is 0.226 e. The van der Waals surface area contributed by atoms with Gasteiger partial charge in [0, 0.05) is 51.3 Å². The van der Waals surface area contributed by atoms with Crippen molar-refractivity contribution in [3.05, 3.63) is 65.4 Å². The predicted octanol–water partition coefficient (Wildman–Crippen LogP) is 3.95. The van der Waals surface area contributed by atoms with Crippen molar-refractivity contribution in [3.8, 4) is 5.75 Å². The van der Waals surface area contributed by atoms with Gasteiger partial charge in [-0.2, -0.15) is 15.1 Å². The molecule has 0 saturated carbocycles. The lowest BCUT2D eigenvalue weighted by atomic mass is 9.98. The SMILES string of the molecule is COc1ccc(CN2CCc3nn(C)c4nc(NCCC5CNc6ccccc65)nc2c34)cc1. The molecule has 0 radical (unpaired) electrons. The van der Waals surface area contributed by atoms with E-state index in [1.165, 1.54) is 16.8 Å². The Morgan fingerprint density at radius 1 is 1.12 bits per heavy atom. The average Bonchev–Trinajstić information content (AvgIpc) is 3.43. The average molecular weight is 456 g/mol. The van der Waals surface area contributed by atoms with Crippen LogP contribution in [-0.2, 0) is 20.0 Å². The highest BCUT2D eigenvalue weighted by Crippen LogP contribution is 2.35. The minimum absolute atomic E-state index is 0.501. The summed E-state index contributed by atoms with van der Waals surface area (Å²) < 4.78 is 7.19. The van der Waals surface area contributed by atoms with Crippen LogP contribution in [0.2, 0.25) is 0 Å². The molecular formula is C26H29N7O. The molecule has 0 saturated heterocycles. The van der Waals surface area contributed by atoms with Crippen molar-refractivity contribution in [3.63, 3.8) is 0 Å². The number of nitrogens with one attached hydrogen (secondary N) is 2. The second-order valence-corrected chi connectivity index (χ2v) is 9.04. The predicted molar refractivity (Wildman–Crippen MR) is 135 cm³/mol. The summed E-state index contributed by atoms with van der Waals surface area (Å²) in [6.45, 7) is 3.46. The van der Waals surface area contributed by atoms with Gasteiger partial charge in [0.1, 0.15) is 11.6 Å². The number of hydrogen-bond acceptors (Lipinski definition) is 7. The number of aromatic nitrogens is 4. The molecule has 1 unspecified atom stereocenters. The number of nitrogens with zero attached hydrogens (tertiary/aromatic N) is 5. The van der Waals surface area contributed by atoms with Crippen LogP contribution < -0.4 is 20.3 Å². The largest absolute Gasteiger partial charge is 0.497 e. The monoisotopic (exact) mass is 455 g/mol. The highest BCUT2D eigenvalue weighted by Gasteiger charge is 2.26. The fourth-order valence-electron chi connectivity index (χ4n) is 5.12. The number of fused-ring (bicyclic) bond motifs is 1. The van der Waals surface area contributed by atoms with Gasteiger partial charge in [-0.1, -0.05) is 30.3 Å². The van der Waals surface area contributed by atoms with E-state index >= 15 is 0 Å². The first-order valence-electron chi connectivity index (χ1n) is 11.9. The lowest BCUT2D eigenvalue weighted by Gasteiger charge is -2.28. The Morgan fingerprint density at radius 3 is 2.82 bits per heavy atom. The summed E-state index contributed by atoms with van der Waals surface area (Å²) in [5.74, 6) is 3.00. The molecule has 2 aromatic heterocycles. The number of benzene rings is 2. The van der Waals surface area contributed by atoms with Crippen molar-refractivity contribution < 1.29 is 4.74 Å². The van der Waals surface area contributed by atoms with Crippen molar-refractivity contribution in [2.75, 3.05) is 42.3 Å². The molecule has 0 aliphatic carbocycles. The van der Waals surface area contributed by atoms with E-state index in [4.69, 9.17) is 19.8 Å². The Kier molecular flexibility index (Phi) is 5.20. The Bertz CT molecular complexity index is 1330. The van der Waals surface area contributed by atoms with Crippen LogP contribution in [0.15, 0.2) is 48.5 Å². The van der Waals surface area contributed by atoms with Crippen LogP contribution in [0.25, 0.3) is 11.0 Å². The third-order valence-electron chi connectivity index (χ3n) is 6.90. The van der Waals surface area contributed by atoms with Crippen molar-refractivity contribution >= 4 is 28.5 Å². The van der Waals surface area contributed by atoms with Crippen LogP contribution in [0, 0.1) is 0 Å². The van der Waals surface area contributed by atoms with Gasteiger partial charge >= 0.3 is 0 Å². The van der Waals surface area contributed by atoms with Crippen LogP contribution in [0.3, 0.4) is 0 Å². The van der Waals surface area contributed by atoms with Crippen LogP contribution in [0.4, 0.5) is 17.5 Å². The number of rotatable bonds is 7. The molecule has 0 amide bonds. The molecule has 2 aliphatic heterocycles. The number of methoxy groups -OCH3 is 1. The fraction of sp³-hybridized carbons (Fsp3) is 0.346. The zero-order valence-electron chi connectivity index (χ0n) is 19.6. The molecule has 4 aromatic rings. The summed E-state index contributed by atoms with van der Waals surface area (Å²) in [4.78, 5) is 12.1. The van der Waals surface area contributed by atoms with Crippen LogP contribution in [-0.4, -0.2) is 46.5 Å². The number of aryl methyl sites for hydroxylation is 1. The van der Waals surface area contributed by atoms with Gasteiger partial charge in [0.15, 0.2) is 5.65 Å². The van der Waals surface area contributed by atoms with Crippen LogP contribution in [0.5, 0.6) is 5.75 Å². The molecule has 34 heavy (non-hydrogen) atoms. The molecule has 2 N–H and O–H groups in total. The first kappa shape index (κ1) is 20.8. The van der Waals surface area contributed by atoms with Gasteiger partial charge in [-0.15, -0.1) is 0 Å². The van der Waals surface area contributed by atoms with Crippen LogP contribution in [0.1, 0.15) is 29.2 Å². The summed E-state index contributed by atoms with van der Waals surface area (Å²) in [6.07, 6.45) is 1.91. The highest BCUT2D eigenvalue weighted by molar-refractivity contribution is 5.92. The summed E-state index contributed by atoms with van der Waals surface area (Å²) in [5.41, 5.74) is 5.85. The molecule has 0 spiro atoms. The normalized spacial score (nSPS) is 16.4. The summed E-state index contributed by atoms with van der Waals surface area (Å²) in [7, 11) is 3.66. The van der Waals surface area contributed by atoms with Gasteiger partial charge in [-0.05, 0) is 35.7 Å². The van der Waals surface area contributed by atoms with Crippen molar-refractivity contribution in [1.29, 1.82) is 0 Å². The smallest absolute Gasteiger partial charge is 0.226 e. The molecule has 6 rings (SSSR count). The maximum absolute atomic E-state index is 5.31. The summed E-state index contributed by atoms with van der Waals surface area (Å²) >= 11 is 0. The molecule has 0 fully saturated rings. The maximum atomic E-state index is 5.31. The Hall–Kier alpha value is -3.81. The molecule has 4 heterocycles. The Morgan fingerprint density at radius 2 is 1.97 bits per heavy atom. The van der Waals surface area contributed by atoms with E-state index in [0.717, 1.165) is 67.3 Å². The van der Waals surface area contributed by atoms with E-state index < -0.39 is 0 Å². The molecular weight excluding hydrogens is 426 g/mol. The van der Waals surface area contributed by atoms with Gasteiger partial charge in [-0.25, -0.2) is 4.68 Å². The number of para-hydroxylation sites is 1. The first-order valence-corrected chi connectivity index (χ1v) is 11.9. The van der Waals surface area contributed by atoms with Crippen molar-refractivity contribution in [2.45, 2.75) is 25.3 Å². The number of hydrogen-bond donors (Lipinski definition) is 2. The lowest BCUT2D eigenvalue weighted by molar-refractivity contribution is 0.414. The van der Waals surface area contributed by atoms with Gasteiger partial charge in [0.2, 0.25) is 5.95 Å². The molecule has 8 heteroatoms. The van der Waals surface area contributed by atoms with Crippen LogP contribution >= 0.6 is 0 Å². The standard InChI is InChI=1S/C26H29N7O/c1-32-24-23-22(31-32)12-14-33(16-17-7-9-19(34-2)10-8-17)25(23)30-26(29-24)27-13-11-18-15-28-21-6-4-3-5-20(18)21/h3-10,18,28H,11-16H2,1-2H3,(H,27,29,30). The summed E-state index contributed by atoms with van der Waals surface area (Å²) in [5, 5.41) is 12.8. The second-order valence-electron chi connectivity index (χ2n) is 9.04. The van der Waals surface area contributed by atoms with Gasteiger partial charge in [0.25, 0.3) is 0 Å². The van der Waals surface area contributed by atoms with E-state index in [2.05, 4.69) is 51.9 Å². The van der Waals surface area contributed by atoms with E-state index in [-0.39, 0.29) is 0 Å². The molecule has 2 aromatic carbocycles. The minimum atomic E-state index is 0.501. The van der Waals surface area contributed by atoms with E-state index in [9.17, 15) is 0 Å². The van der Waals surface area contributed by atoms with Gasteiger partial charge < -0.3 is 20.3 Å². The van der Waals surface area contributed by atoms with Crippen molar-refractivity contribution in [1.82, 2.24) is 19.7 Å². The third-order valence-corrected chi connectivity index (χ3v) is 6.90. The topological polar surface area (TPSA) is 80.1 Å². The Labute approximate surface area is 199 Å². The second kappa shape index (κ2) is 8.52. The lowest BCUT2D eigenvalue weighted by Crippen LogP contribution is -2.29. The first-order chi connectivity index (χ1) is 16.7.